The molecule has 2 saturated heterocycles. The van der Waals surface area contributed by atoms with Crippen LogP contribution in [-0.2, 0) is 19.1 Å². The van der Waals surface area contributed by atoms with Crippen molar-refractivity contribution in [3.63, 3.8) is 0 Å². The Balaban J connectivity index is 1.55. The van der Waals surface area contributed by atoms with Crippen molar-refractivity contribution in [1.29, 1.82) is 0 Å². The Morgan fingerprint density at radius 1 is 1.28 bits per heavy atom. The highest BCUT2D eigenvalue weighted by Crippen LogP contribution is 2.44. The van der Waals surface area contributed by atoms with E-state index in [1.54, 1.807) is 18.5 Å². The highest BCUT2D eigenvalue weighted by molar-refractivity contribution is 7.11. The van der Waals surface area contributed by atoms with Crippen molar-refractivity contribution in [2.75, 3.05) is 32.8 Å². The van der Waals surface area contributed by atoms with Crippen LogP contribution >= 0.6 is 22.9 Å². The number of alkyl halides is 2. The van der Waals surface area contributed by atoms with E-state index in [-0.39, 0.29) is 53.9 Å². The Hall–Kier alpha value is -3.49. The topological polar surface area (TPSA) is 124 Å². The van der Waals surface area contributed by atoms with Crippen LogP contribution in [0.15, 0.2) is 46.0 Å². The summed E-state index contributed by atoms with van der Waals surface area (Å²) in [5.74, 6) is -7.85. The van der Waals surface area contributed by atoms with Gasteiger partial charge in [0.05, 0.1) is 29.7 Å². The molecule has 3 aliphatic rings. The van der Waals surface area contributed by atoms with Gasteiger partial charge in [0.25, 0.3) is 5.92 Å². The van der Waals surface area contributed by atoms with Gasteiger partial charge in [-0.15, -0.1) is 11.3 Å². The van der Waals surface area contributed by atoms with Gasteiger partial charge in [-0.1, -0.05) is 23.7 Å². The third-order valence-electron chi connectivity index (χ3n) is 7.96. The number of carboxylic acids is 1. The first-order valence-electron chi connectivity index (χ1n) is 13.5. The Bertz CT molecular complexity index is 1520. The van der Waals surface area contributed by atoms with Crippen LogP contribution in [0.4, 0.5) is 13.2 Å². The molecule has 15 heteroatoms. The summed E-state index contributed by atoms with van der Waals surface area (Å²) in [5, 5.41) is 14.5. The minimum absolute atomic E-state index is 0.00515. The molecule has 10 nitrogen and oxygen atoms in total. The van der Waals surface area contributed by atoms with Gasteiger partial charge in [-0.05, 0) is 26.8 Å². The molecule has 4 heterocycles. The number of rotatable bonds is 8. The van der Waals surface area contributed by atoms with Crippen molar-refractivity contribution in [3.05, 3.63) is 62.5 Å². The minimum atomic E-state index is -3.20. The molecule has 230 valence electrons. The maximum atomic E-state index is 15.4. The zero-order chi connectivity index (χ0) is 31.3. The SMILES string of the molecule is CCOC(=O)C1=C(CN2CC(F)(F)[C@@H]3CN(C(=O)C(C)(C)C(=O)O)C[C@@H]32)NC(c2nccs2)=N[C@H]1c1cccc(F)c1Cl. The van der Waals surface area contributed by atoms with Crippen molar-refractivity contribution in [2.24, 2.45) is 16.3 Å². The lowest BCUT2D eigenvalue weighted by Crippen LogP contribution is -2.47. The van der Waals surface area contributed by atoms with E-state index in [0.717, 1.165) is 11.0 Å². The van der Waals surface area contributed by atoms with Crippen LogP contribution in [0.1, 0.15) is 37.4 Å². The Morgan fingerprint density at radius 3 is 2.67 bits per heavy atom. The number of hydrogen-bond acceptors (Lipinski definition) is 9. The number of amides is 1. The maximum Gasteiger partial charge on any atom is 0.338 e. The molecule has 0 unspecified atom stereocenters. The van der Waals surface area contributed by atoms with Gasteiger partial charge in [0.2, 0.25) is 5.91 Å². The number of nitrogens with one attached hydrogen (secondary N) is 1. The fraction of sp³-hybridized carbons (Fsp3) is 0.464. The lowest BCUT2D eigenvalue weighted by Gasteiger charge is -2.32. The number of halogens is 4. The van der Waals surface area contributed by atoms with E-state index in [9.17, 15) is 23.9 Å². The first-order chi connectivity index (χ1) is 20.3. The molecule has 0 bridgehead atoms. The third-order valence-corrected chi connectivity index (χ3v) is 9.14. The van der Waals surface area contributed by atoms with E-state index >= 15 is 8.78 Å². The summed E-state index contributed by atoms with van der Waals surface area (Å²) in [6.45, 7) is 2.79. The van der Waals surface area contributed by atoms with Crippen molar-refractivity contribution in [2.45, 2.75) is 38.8 Å². The van der Waals surface area contributed by atoms with Gasteiger partial charge in [-0.2, -0.15) is 0 Å². The number of aliphatic carboxylic acids is 1. The standard InChI is InChI=1S/C28H29ClF3N5O5S/c1-4-42-24(38)19-17(34-22(23-33-8-9-43-23)35-21(19)14-6-5-7-16(30)20(14)29)11-37-13-28(31,32)15-10-36(12-18(15)37)25(39)27(2,3)26(40)41/h5-9,15,18,21H,4,10-13H2,1-3H3,(H,34,35)(H,40,41)/t15-,18+,21+/m1/s1. The number of fused-ring (bicyclic) bond motifs is 1. The number of carbonyl (C=O) groups excluding carboxylic acids is 2. The second-order valence-corrected chi connectivity index (χ2v) is 12.4. The molecular weight excluding hydrogens is 611 g/mol. The van der Waals surface area contributed by atoms with Crippen molar-refractivity contribution >= 4 is 46.6 Å². The van der Waals surface area contributed by atoms with Crippen LogP contribution in [0.5, 0.6) is 0 Å². The van der Waals surface area contributed by atoms with E-state index < -0.39 is 59.5 Å². The monoisotopic (exact) mass is 639 g/mol. The minimum Gasteiger partial charge on any atom is -0.480 e. The molecule has 2 N–H and O–H groups in total. The number of aromatic nitrogens is 1. The van der Waals surface area contributed by atoms with Crippen molar-refractivity contribution < 1.29 is 37.4 Å². The second-order valence-electron chi connectivity index (χ2n) is 11.1. The van der Waals surface area contributed by atoms with Gasteiger partial charge >= 0.3 is 11.9 Å². The summed E-state index contributed by atoms with van der Waals surface area (Å²) in [4.78, 5) is 49.7. The quantitative estimate of drug-likeness (QED) is 0.331. The van der Waals surface area contributed by atoms with Gasteiger partial charge < -0.3 is 20.1 Å². The maximum absolute atomic E-state index is 15.4. The highest BCUT2D eigenvalue weighted by atomic mass is 35.5. The Morgan fingerprint density at radius 2 is 2.02 bits per heavy atom. The number of ether oxygens (including phenoxy) is 1. The normalized spacial score (nSPS) is 23.6. The molecule has 43 heavy (non-hydrogen) atoms. The number of amidine groups is 1. The molecule has 5 rings (SSSR count). The number of thiazole rings is 1. The molecule has 1 aromatic carbocycles. The summed E-state index contributed by atoms with van der Waals surface area (Å²) in [6.07, 6.45) is 1.55. The van der Waals surface area contributed by atoms with Crippen LogP contribution in [0.3, 0.4) is 0 Å². The predicted molar refractivity (Wildman–Crippen MR) is 151 cm³/mol. The Labute approximate surface area is 254 Å². The molecule has 0 aliphatic carbocycles. The van der Waals surface area contributed by atoms with E-state index in [1.807, 2.05) is 0 Å². The number of likely N-dealkylation sites (tertiary alicyclic amines) is 2. The van der Waals surface area contributed by atoms with Crippen LogP contribution in [0, 0.1) is 17.2 Å². The fourth-order valence-electron chi connectivity index (χ4n) is 5.68. The first-order valence-corrected chi connectivity index (χ1v) is 14.7. The number of benzene rings is 1. The average molecular weight is 640 g/mol. The zero-order valence-electron chi connectivity index (χ0n) is 23.4. The molecule has 1 amide bonds. The molecular formula is C28H29ClF3N5O5S. The lowest BCUT2D eigenvalue weighted by atomic mass is 9.92. The predicted octanol–water partition coefficient (Wildman–Crippen LogP) is 3.73. The number of carboxylic acid groups (broad SMARTS) is 1. The van der Waals surface area contributed by atoms with Crippen LogP contribution in [-0.4, -0.2) is 88.3 Å². The number of carbonyl (C=O) groups is 3. The summed E-state index contributed by atoms with van der Waals surface area (Å²) < 4.78 is 50.7. The lowest BCUT2D eigenvalue weighted by molar-refractivity contribution is -0.158. The van der Waals surface area contributed by atoms with Gasteiger partial charge in [0, 0.05) is 48.5 Å². The van der Waals surface area contributed by atoms with Crippen LogP contribution < -0.4 is 5.32 Å². The van der Waals surface area contributed by atoms with E-state index in [4.69, 9.17) is 16.3 Å². The van der Waals surface area contributed by atoms with Gasteiger partial charge in [-0.25, -0.2) is 22.9 Å². The smallest absolute Gasteiger partial charge is 0.338 e. The van der Waals surface area contributed by atoms with Crippen molar-refractivity contribution in [1.82, 2.24) is 20.1 Å². The largest absolute Gasteiger partial charge is 0.480 e. The van der Waals surface area contributed by atoms with Gasteiger partial charge in [-0.3, -0.25) is 19.5 Å². The first kappa shape index (κ1) is 31.0. The van der Waals surface area contributed by atoms with E-state index in [2.05, 4.69) is 15.3 Å². The molecule has 2 fully saturated rings. The molecule has 1 aromatic heterocycles. The average Bonchev–Trinajstić information content (AvgIpc) is 3.68. The van der Waals surface area contributed by atoms with E-state index in [1.165, 1.54) is 42.2 Å². The molecule has 0 saturated carbocycles. The molecule has 3 atom stereocenters. The third kappa shape index (κ3) is 5.63. The number of nitrogens with zero attached hydrogens (tertiary/aromatic N) is 4. The summed E-state index contributed by atoms with van der Waals surface area (Å²) >= 11 is 7.58. The fourth-order valence-corrected chi connectivity index (χ4v) is 6.50. The van der Waals surface area contributed by atoms with Crippen molar-refractivity contribution in [3.8, 4) is 0 Å². The van der Waals surface area contributed by atoms with Crippen LogP contribution in [0.25, 0.3) is 0 Å². The van der Waals surface area contributed by atoms with Crippen LogP contribution in [0.2, 0.25) is 5.02 Å². The summed E-state index contributed by atoms with van der Waals surface area (Å²) in [6, 6.07) is 2.13. The second kappa shape index (κ2) is 11.5. The summed E-state index contributed by atoms with van der Waals surface area (Å²) in [5.41, 5.74) is -1.45. The van der Waals surface area contributed by atoms with Gasteiger partial charge in [0.1, 0.15) is 17.3 Å². The zero-order valence-corrected chi connectivity index (χ0v) is 25.0. The molecule has 3 aliphatic heterocycles. The molecule has 0 spiro atoms. The number of esters is 1. The molecule has 2 aromatic rings. The Kier molecular flexibility index (Phi) is 8.31. The highest BCUT2D eigenvalue weighted by Gasteiger charge is 2.60. The van der Waals surface area contributed by atoms with Gasteiger partial charge in [0.15, 0.2) is 10.8 Å². The van der Waals surface area contributed by atoms with E-state index in [0.29, 0.717) is 5.01 Å². The number of hydrogen-bond donors (Lipinski definition) is 2. The molecule has 0 radical (unpaired) electrons. The summed E-state index contributed by atoms with van der Waals surface area (Å²) in [7, 11) is 0. The number of aliphatic imine (C=N–C) groups is 1.